The second-order valence-electron chi connectivity index (χ2n) is 4.89. The summed E-state index contributed by atoms with van der Waals surface area (Å²) in [6.45, 7) is 5.80. The summed E-state index contributed by atoms with van der Waals surface area (Å²) >= 11 is 1.28. The summed E-state index contributed by atoms with van der Waals surface area (Å²) in [7, 11) is 1.52. The molecule has 2 rings (SSSR count). The van der Waals surface area contributed by atoms with Crippen molar-refractivity contribution in [3.8, 4) is 17.0 Å². The summed E-state index contributed by atoms with van der Waals surface area (Å²) < 4.78 is 23.2. The monoisotopic (exact) mass is 295 g/mol. The Morgan fingerprint density at radius 3 is 2.90 bits per heavy atom. The molecule has 0 spiro atoms. The maximum atomic E-state index is 14.1. The predicted octanol–water partition coefficient (Wildman–Crippen LogP) is 3.10. The number of benzene rings is 1. The lowest BCUT2D eigenvalue weighted by atomic mass is 10.1. The van der Waals surface area contributed by atoms with Gasteiger partial charge in [-0.1, -0.05) is 24.4 Å². The number of halogens is 1. The third kappa shape index (κ3) is 3.32. The first-order chi connectivity index (χ1) is 9.63. The number of nitrogens with one attached hydrogen (secondary N) is 1. The van der Waals surface area contributed by atoms with Gasteiger partial charge in [-0.15, -0.1) is 5.10 Å². The van der Waals surface area contributed by atoms with E-state index in [2.05, 4.69) is 28.8 Å². The lowest BCUT2D eigenvalue weighted by molar-refractivity contribution is 0.413. The van der Waals surface area contributed by atoms with Gasteiger partial charge in [0.05, 0.1) is 17.6 Å². The van der Waals surface area contributed by atoms with Crippen LogP contribution >= 0.6 is 11.5 Å². The lowest BCUT2D eigenvalue weighted by Crippen LogP contribution is -2.18. The molecule has 0 aliphatic heterocycles. The quantitative estimate of drug-likeness (QED) is 0.889. The van der Waals surface area contributed by atoms with Crippen molar-refractivity contribution in [1.82, 2.24) is 14.9 Å². The van der Waals surface area contributed by atoms with Crippen molar-refractivity contribution in [1.29, 1.82) is 0 Å². The zero-order chi connectivity index (χ0) is 14.5. The Morgan fingerprint density at radius 1 is 1.40 bits per heavy atom. The number of hydrogen-bond donors (Lipinski definition) is 1. The molecule has 0 amide bonds. The molecule has 0 unspecified atom stereocenters. The van der Waals surface area contributed by atoms with Crippen LogP contribution in [0.2, 0.25) is 0 Å². The van der Waals surface area contributed by atoms with Crippen LogP contribution in [0, 0.1) is 11.7 Å². The summed E-state index contributed by atoms with van der Waals surface area (Å²) in [6, 6.07) is 4.75. The molecule has 0 fully saturated rings. The van der Waals surface area contributed by atoms with E-state index in [1.807, 2.05) is 0 Å². The second-order valence-corrected chi connectivity index (χ2v) is 5.73. The van der Waals surface area contributed by atoms with Crippen molar-refractivity contribution < 1.29 is 9.13 Å². The standard InChI is InChI=1S/C14H18FN3OS/c1-9(2)7-16-8-12-14(17-18-20-12)13-10(15)5-4-6-11(13)19-3/h4-6,9,16H,7-8H2,1-3H3. The zero-order valence-electron chi connectivity index (χ0n) is 11.8. The van der Waals surface area contributed by atoms with E-state index >= 15 is 0 Å². The SMILES string of the molecule is COc1cccc(F)c1-c1nnsc1CNCC(C)C. The van der Waals surface area contributed by atoms with Gasteiger partial charge in [0, 0.05) is 6.54 Å². The van der Waals surface area contributed by atoms with Crippen LogP contribution < -0.4 is 10.1 Å². The Bertz CT molecular complexity index is 571. The Kier molecular flexibility index (Phi) is 5.03. The molecule has 1 N–H and O–H groups in total. The van der Waals surface area contributed by atoms with Crippen molar-refractivity contribution in [2.24, 2.45) is 5.92 Å². The van der Waals surface area contributed by atoms with Crippen LogP contribution in [-0.4, -0.2) is 23.2 Å². The first-order valence-corrected chi connectivity index (χ1v) is 7.25. The van der Waals surface area contributed by atoms with Crippen LogP contribution in [-0.2, 0) is 6.54 Å². The average molecular weight is 295 g/mol. The van der Waals surface area contributed by atoms with Gasteiger partial charge in [0.2, 0.25) is 0 Å². The minimum atomic E-state index is -0.345. The first kappa shape index (κ1) is 14.9. The molecule has 0 aliphatic carbocycles. The summed E-state index contributed by atoms with van der Waals surface area (Å²) in [4.78, 5) is 0.911. The van der Waals surface area contributed by atoms with Gasteiger partial charge in [0.25, 0.3) is 0 Å². The maximum absolute atomic E-state index is 14.1. The van der Waals surface area contributed by atoms with Gasteiger partial charge < -0.3 is 10.1 Å². The topological polar surface area (TPSA) is 47.0 Å². The predicted molar refractivity (Wildman–Crippen MR) is 78.4 cm³/mol. The van der Waals surface area contributed by atoms with Gasteiger partial charge in [-0.25, -0.2) is 4.39 Å². The summed E-state index contributed by atoms with van der Waals surface area (Å²) in [6.07, 6.45) is 0. The second kappa shape index (κ2) is 6.76. The number of rotatable bonds is 6. The molecular weight excluding hydrogens is 277 g/mol. The van der Waals surface area contributed by atoms with Crippen LogP contribution in [0.1, 0.15) is 18.7 Å². The van der Waals surface area contributed by atoms with Gasteiger partial charge in [0.1, 0.15) is 17.3 Å². The fraction of sp³-hybridized carbons (Fsp3) is 0.429. The Labute approximate surface area is 122 Å². The third-order valence-electron chi connectivity index (χ3n) is 2.83. The van der Waals surface area contributed by atoms with E-state index < -0.39 is 0 Å². The fourth-order valence-corrected chi connectivity index (χ4v) is 2.51. The van der Waals surface area contributed by atoms with Gasteiger partial charge in [-0.2, -0.15) is 0 Å². The Hall–Kier alpha value is -1.53. The van der Waals surface area contributed by atoms with Crippen molar-refractivity contribution in [2.75, 3.05) is 13.7 Å². The lowest BCUT2D eigenvalue weighted by Gasteiger charge is -2.10. The van der Waals surface area contributed by atoms with Crippen LogP contribution in [0.3, 0.4) is 0 Å². The molecule has 0 bridgehead atoms. The first-order valence-electron chi connectivity index (χ1n) is 6.48. The molecule has 0 aliphatic rings. The highest BCUT2D eigenvalue weighted by Gasteiger charge is 2.18. The van der Waals surface area contributed by atoms with E-state index in [0.29, 0.717) is 29.5 Å². The number of hydrogen-bond acceptors (Lipinski definition) is 5. The smallest absolute Gasteiger partial charge is 0.136 e. The van der Waals surface area contributed by atoms with E-state index in [9.17, 15) is 4.39 Å². The minimum Gasteiger partial charge on any atom is -0.496 e. The van der Waals surface area contributed by atoms with Gasteiger partial charge >= 0.3 is 0 Å². The zero-order valence-corrected chi connectivity index (χ0v) is 12.6. The molecule has 108 valence electrons. The molecular formula is C14H18FN3OS. The number of methoxy groups -OCH3 is 1. The van der Waals surface area contributed by atoms with E-state index in [0.717, 1.165) is 11.4 Å². The molecule has 1 aromatic carbocycles. The normalized spacial score (nSPS) is 11.1. The highest BCUT2D eigenvalue weighted by molar-refractivity contribution is 7.05. The number of aromatic nitrogens is 2. The van der Waals surface area contributed by atoms with Crippen molar-refractivity contribution in [3.05, 3.63) is 28.9 Å². The van der Waals surface area contributed by atoms with Crippen molar-refractivity contribution in [2.45, 2.75) is 20.4 Å². The minimum absolute atomic E-state index is 0.345. The van der Waals surface area contributed by atoms with Crippen LogP contribution in [0.4, 0.5) is 4.39 Å². The van der Waals surface area contributed by atoms with E-state index in [-0.39, 0.29) is 5.82 Å². The molecule has 1 heterocycles. The molecule has 0 atom stereocenters. The average Bonchev–Trinajstić information content (AvgIpc) is 2.86. The van der Waals surface area contributed by atoms with E-state index in [4.69, 9.17) is 4.74 Å². The van der Waals surface area contributed by atoms with Gasteiger partial charge in [-0.05, 0) is 36.1 Å². The van der Waals surface area contributed by atoms with Crippen LogP contribution in [0.25, 0.3) is 11.3 Å². The molecule has 4 nitrogen and oxygen atoms in total. The Balaban J connectivity index is 2.28. The van der Waals surface area contributed by atoms with E-state index in [1.54, 1.807) is 12.1 Å². The summed E-state index contributed by atoms with van der Waals surface area (Å²) in [5.74, 6) is 0.687. The van der Waals surface area contributed by atoms with Crippen molar-refractivity contribution in [3.63, 3.8) is 0 Å². The fourth-order valence-electron chi connectivity index (χ4n) is 1.89. The maximum Gasteiger partial charge on any atom is 0.136 e. The van der Waals surface area contributed by atoms with E-state index in [1.165, 1.54) is 24.7 Å². The molecule has 2 aromatic rings. The molecule has 0 saturated heterocycles. The highest BCUT2D eigenvalue weighted by Crippen LogP contribution is 2.34. The van der Waals surface area contributed by atoms with Gasteiger partial charge in [-0.3, -0.25) is 0 Å². The van der Waals surface area contributed by atoms with Crippen molar-refractivity contribution >= 4 is 11.5 Å². The summed E-state index contributed by atoms with van der Waals surface area (Å²) in [5.41, 5.74) is 0.936. The molecule has 20 heavy (non-hydrogen) atoms. The Morgan fingerprint density at radius 2 is 2.20 bits per heavy atom. The number of nitrogens with zero attached hydrogens (tertiary/aromatic N) is 2. The largest absolute Gasteiger partial charge is 0.496 e. The van der Waals surface area contributed by atoms with Gasteiger partial charge in [0.15, 0.2) is 0 Å². The molecule has 6 heteroatoms. The summed E-state index contributed by atoms with van der Waals surface area (Å²) in [5, 5.41) is 7.38. The molecule has 0 saturated carbocycles. The van der Waals surface area contributed by atoms with Crippen LogP contribution in [0.15, 0.2) is 18.2 Å². The highest BCUT2D eigenvalue weighted by atomic mass is 32.1. The van der Waals surface area contributed by atoms with Crippen LogP contribution in [0.5, 0.6) is 5.75 Å². The third-order valence-corrected chi connectivity index (χ3v) is 3.55. The number of ether oxygens (including phenoxy) is 1. The molecule has 1 aromatic heterocycles. The molecule has 0 radical (unpaired) electrons.